The summed E-state index contributed by atoms with van der Waals surface area (Å²) in [6, 6.07) is 8.78. The van der Waals surface area contributed by atoms with E-state index >= 15 is 0 Å². The third-order valence-electron chi connectivity index (χ3n) is 7.54. The van der Waals surface area contributed by atoms with E-state index in [4.69, 9.17) is 22.1 Å². The van der Waals surface area contributed by atoms with Crippen molar-refractivity contribution < 1.29 is 28.3 Å². The second kappa shape index (κ2) is 10.6. The van der Waals surface area contributed by atoms with Gasteiger partial charge in [0.1, 0.15) is 18.4 Å². The maximum Gasteiger partial charge on any atom is 0.309 e. The quantitative estimate of drug-likeness (QED) is 0.409. The van der Waals surface area contributed by atoms with Crippen LogP contribution in [0.3, 0.4) is 0 Å². The van der Waals surface area contributed by atoms with Gasteiger partial charge in [0.05, 0.1) is 24.1 Å². The van der Waals surface area contributed by atoms with E-state index in [-0.39, 0.29) is 59.6 Å². The lowest BCUT2D eigenvalue weighted by molar-refractivity contribution is -0.143. The molecule has 1 saturated carbocycles. The Bertz CT molecular complexity index is 1490. The van der Waals surface area contributed by atoms with E-state index in [0.717, 1.165) is 12.8 Å². The van der Waals surface area contributed by atoms with Crippen molar-refractivity contribution in [1.82, 2.24) is 20.0 Å². The van der Waals surface area contributed by atoms with Gasteiger partial charge in [-0.1, -0.05) is 29.8 Å². The average molecular weight is 556 g/mol. The number of methoxy groups -OCH3 is 1. The Balaban J connectivity index is 1.37. The van der Waals surface area contributed by atoms with E-state index in [1.807, 2.05) is 0 Å². The zero-order chi connectivity index (χ0) is 27.8. The molecule has 2 aliphatic rings. The number of ether oxygens (including phenoxy) is 1. The first-order valence-electron chi connectivity index (χ1n) is 12.6. The summed E-state index contributed by atoms with van der Waals surface area (Å²) in [6.07, 6.45) is 2.31. The Hall–Kier alpha value is -3.99. The van der Waals surface area contributed by atoms with Crippen LogP contribution in [0.4, 0.5) is 4.39 Å². The Labute approximate surface area is 228 Å². The lowest BCUT2D eigenvalue weighted by Gasteiger charge is -2.34. The molecule has 3 aromatic rings. The number of halogens is 2. The number of carbonyl (C=O) groups is 4. The molecule has 2 heterocycles. The molecular weight excluding hydrogens is 529 g/mol. The predicted molar refractivity (Wildman–Crippen MR) is 139 cm³/mol. The van der Waals surface area contributed by atoms with E-state index in [1.165, 1.54) is 17.9 Å². The highest BCUT2D eigenvalue weighted by Crippen LogP contribution is 2.42. The van der Waals surface area contributed by atoms with Crippen molar-refractivity contribution >= 4 is 46.2 Å². The van der Waals surface area contributed by atoms with Gasteiger partial charge in [0.2, 0.25) is 11.8 Å². The summed E-state index contributed by atoms with van der Waals surface area (Å²) in [4.78, 5) is 52.3. The number of piperidine rings is 1. The molecule has 204 valence electrons. The van der Waals surface area contributed by atoms with Gasteiger partial charge in [0, 0.05) is 23.5 Å². The number of nitrogens with two attached hydrogens (primary N) is 1. The number of carbonyl (C=O) groups excluding carboxylic acids is 4. The monoisotopic (exact) mass is 555 g/mol. The number of aromatic nitrogens is 2. The van der Waals surface area contributed by atoms with Crippen LogP contribution in [0.2, 0.25) is 5.02 Å². The number of nitrogens with one attached hydrogen (secondary N) is 1. The predicted octanol–water partition coefficient (Wildman–Crippen LogP) is 2.34. The number of esters is 1. The molecule has 0 spiro atoms. The third-order valence-corrected chi connectivity index (χ3v) is 7.83. The highest BCUT2D eigenvalue weighted by Gasteiger charge is 2.51. The van der Waals surface area contributed by atoms with Crippen molar-refractivity contribution in [2.45, 2.75) is 50.9 Å². The Morgan fingerprint density at radius 3 is 2.74 bits per heavy atom. The lowest BCUT2D eigenvalue weighted by atomic mass is 9.97. The molecule has 1 aliphatic carbocycles. The molecule has 2 aromatic carbocycles. The molecule has 10 nitrogen and oxygen atoms in total. The molecule has 0 unspecified atom stereocenters. The van der Waals surface area contributed by atoms with Crippen molar-refractivity contribution in [1.29, 1.82) is 0 Å². The van der Waals surface area contributed by atoms with Gasteiger partial charge in [0.25, 0.3) is 5.91 Å². The number of benzene rings is 2. The van der Waals surface area contributed by atoms with Gasteiger partial charge in [-0.15, -0.1) is 0 Å². The second-order valence-corrected chi connectivity index (χ2v) is 10.3. The Kier molecular flexibility index (Phi) is 7.26. The molecule has 2 fully saturated rings. The number of hydrogen-bond acceptors (Lipinski definition) is 6. The number of hydrogen-bond donors (Lipinski definition) is 2. The van der Waals surface area contributed by atoms with Gasteiger partial charge < -0.3 is 20.7 Å². The van der Waals surface area contributed by atoms with Crippen LogP contribution >= 0.6 is 11.6 Å². The van der Waals surface area contributed by atoms with Crippen LogP contribution in [-0.2, 0) is 38.6 Å². The average Bonchev–Trinajstić information content (AvgIpc) is 3.62. The van der Waals surface area contributed by atoms with Crippen LogP contribution < -0.4 is 11.1 Å². The maximum atomic E-state index is 14.3. The highest BCUT2D eigenvalue weighted by molar-refractivity contribution is 6.30. The van der Waals surface area contributed by atoms with Gasteiger partial charge >= 0.3 is 5.97 Å². The topological polar surface area (TPSA) is 137 Å². The van der Waals surface area contributed by atoms with Crippen LogP contribution in [-0.4, -0.2) is 57.6 Å². The first-order valence-corrected chi connectivity index (χ1v) is 12.9. The fraction of sp³-hybridized carbons (Fsp3) is 0.370. The second-order valence-electron chi connectivity index (χ2n) is 9.88. The summed E-state index contributed by atoms with van der Waals surface area (Å²) in [6.45, 7) is -0.267. The fourth-order valence-corrected chi connectivity index (χ4v) is 5.94. The molecule has 1 saturated heterocycles. The van der Waals surface area contributed by atoms with Crippen LogP contribution in [0.5, 0.6) is 0 Å². The van der Waals surface area contributed by atoms with Crippen LogP contribution in [0.15, 0.2) is 36.4 Å². The van der Waals surface area contributed by atoms with Crippen molar-refractivity contribution in [2.24, 2.45) is 11.7 Å². The van der Waals surface area contributed by atoms with Gasteiger partial charge in [-0.3, -0.25) is 23.9 Å². The molecule has 3 amide bonds. The smallest absolute Gasteiger partial charge is 0.309 e. The van der Waals surface area contributed by atoms with Crippen molar-refractivity contribution in [3.63, 3.8) is 0 Å². The van der Waals surface area contributed by atoms with Gasteiger partial charge in [-0.05, 0) is 48.9 Å². The van der Waals surface area contributed by atoms with Crippen LogP contribution in [0.25, 0.3) is 10.9 Å². The summed E-state index contributed by atoms with van der Waals surface area (Å²) in [5.74, 6) is -2.48. The number of likely N-dealkylation sites (tertiary alicyclic amines) is 1. The molecule has 0 radical (unpaired) electrons. The minimum atomic E-state index is -0.771. The first-order chi connectivity index (χ1) is 18.7. The van der Waals surface area contributed by atoms with Crippen molar-refractivity contribution in [3.05, 3.63) is 64.1 Å². The molecule has 3 atom stereocenters. The molecule has 5 rings (SSSR count). The molecule has 39 heavy (non-hydrogen) atoms. The van der Waals surface area contributed by atoms with Gasteiger partial charge in [-0.25, -0.2) is 4.39 Å². The standard InChI is InChI=1S/C27H27ClFN5O5/c1-39-22(36)10-14-5-8-20-18(9-14)24(26(30)37)32-33(20)13-21(35)34-17-7-6-15(11-17)25(34)27(38)31-12-16-3-2-4-19(28)23(16)29/h2-5,8-9,15,17,25H,6-7,10-13H2,1H3,(H2,30,37)(H,31,38)/t15-,17+,25-/m0/s1. The summed E-state index contributed by atoms with van der Waals surface area (Å²) in [5, 5.41) is 7.44. The number of amides is 3. The Morgan fingerprint density at radius 2 is 2.00 bits per heavy atom. The van der Waals surface area contributed by atoms with E-state index in [0.29, 0.717) is 22.9 Å². The van der Waals surface area contributed by atoms with E-state index in [2.05, 4.69) is 10.4 Å². The number of rotatable bonds is 8. The molecule has 3 N–H and O–H groups in total. The van der Waals surface area contributed by atoms with Gasteiger partial charge in [-0.2, -0.15) is 5.10 Å². The highest BCUT2D eigenvalue weighted by atomic mass is 35.5. The number of nitrogens with zero attached hydrogens (tertiary/aromatic N) is 3. The third kappa shape index (κ3) is 5.06. The normalized spacial score (nSPS) is 19.9. The van der Waals surface area contributed by atoms with Crippen molar-refractivity contribution in [3.8, 4) is 0 Å². The Morgan fingerprint density at radius 1 is 1.21 bits per heavy atom. The summed E-state index contributed by atoms with van der Waals surface area (Å²) < 4.78 is 20.4. The minimum Gasteiger partial charge on any atom is -0.469 e. The lowest BCUT2D eigenvalue weighted by Crippen LogP contribution is -2.53. The van der Waals surface area contributed by atoms with Gasteiger partial charge in [0.15, 0.2) is 5.69 Å². The molecule has 1 aromatic heterocycles. The zero-order valence-electron chi connectivity index (χ0n) is 21.2. The van der Waals surface area contributed by atoms with Crippen molar-refractivity contribution in [2.75, 3.05) is 7.11 Å². The van der Waals surface area contributed by atoms with E-state index < -0.39 is 23.7 Å². The maximum absolute atomic E-state index is 14.3. The first kappa shape index (κ1) is 26.6. The number of primary amides is 1. The summed E-state index contributed by atoms with van der Waals surface area (Å²) >= 11 is 5.85. The summed E-state index contributed by atoms with van der Waals surface area (Å²) in [7, 11) is 1.29. The SMILES string of the molecule is COC(=O)Cc1ccc2c(c1)c(C(N)=O)nn2CC(=O)N1[C@@H]2CC[C@@H](C2)[C@H]1C(=O)NCc1cccc(Cl)c1F. The van der Waals surface area contributed by atoms with Crippen LogP contribution in [0, 0.1) is 11.7 Å². The molecule has 12 heteroatoms. The van der Waals surface area contributed by atoms with E-state index in [9.17, 15) is 23.6 Å². The molecule has 1 aliphatic heterocycles. The number of fused-ring (bicyclic) bond motifs is 3. The fourth-order valence-electron chi connectivity index (χ4n) is 5.74. The molecule has 2 bridgehead atoms. The largest absolute Gasteiger partial charge is 0.469 e. The summed E-state index contributed by atoms with van der Waals surface area (Å²) in [5.41, 5.74) is 6.88. The molecular formula is C27H27ClFN5O5. The van der Waals surface area contributed by atoms with E-state index in [1.54, 1.807) is 35.2 Å². The minimum absolute atomic E-state index is 0.000385. The van der Waals surface area contributed by atoms with Crippen LogP contribution in [0.1, 0.15) is 40.9 Å². The zero-order valence-corrected chi connectivity index (χ0v) is 21.9.